The van der Waals surface area contributed by atoms with E-state index >= 15 is 0 Å². The van der Waals surface area contributed by atoms with Crippen LogP contribution in [0, 0.1) is 13.8 Å². The first-order valence-electron chi connectivity index (χ1n) is 9.16. The number of hydrogen-bond acceptors (Lipinski definition) is 5. The number of nitrogens with zero attached hydrogens (tertiary/aromatic N) is 4. The van der Waals surface area contributed by atoms with Gasteiger partial charge in [-0.05, 0) is 49.2 Å². The summed E-state index contributed by atoms with van der Waals surface area (Å²) in [4.78, 5) is 29.3. The first kappa shape index (κ1) is 19.8. The highest BCUT2D eigenvalue weighted by Crippen LogP contribution is 2.27. The van der Waals surface area contributed by atoms with Crippen molar-refractivity contribution in [3.63, 3.8) is 0 Å². The second-order valence-electron chi connectivity index (χ2n) is 6.72. The van der Waals surface area contributed by atoms with Gasteiger partial charge in [0.2, 0.25) is 11.6 Å². The van der Waals surface area contributed by atoms with Crippen LogP contribution >= 0.6 is 15.9 Å². The fourth-order valence-corrected chi connectivity index (χ4v) is 3.34. The molecule has 0 saturated heterocycles. The lowest BCUT2D eigenvalue weighted by Crippen LogP contribution is -2.28. The standard InChI is InChI=1S/C21H18BrN5O3/c1-13-5-3-8-17(14(13)2)30-20-19-25-27(21(29)26(19)10-9-23-20)12-18(28)24-16-7-4-6-15(22)11-16/h3-11H,12H2,1-2H3,(H,24,28). The summed E-state index contributed by atoms with van der Waals surface area (Å²) in [6, 6.07) is 12.9. The normalized spacial score (nSPS) is 10.9. The SMILES string of the molecule is Cc1cccc(Oc2nccn3c(=O)n(CC(=O)Nc4cccc(Br)c4)nc23)c1C. The molecule has 4 rings (SSSR count). The minimum Gasteiger partial charge on any atom is -0.436 e. The van der Waals surface area contributed by atoms with Crippen molar-refractivity contribution in [3.05, 3.63) is 80.9 Å². The Morgan fingerprint density at radius 3 is 2.80 bits per heavy atom. The maximum absolute atomic E-state index is 12.7. The molecule has 0 radical (unpaired) electrons. The van der Waals surface area contributed by atoms with Gasteiger partial charge in [0.05, 0.1) is 0 Å². The molecule has 1 amide bonds. The Kier molecular flexibility index (Phi) is 5.37. The molecule has 0 atom stereocenters. The van der Waals surface area contributed by atoms with E-state index in [2.05, 4.69) is 31.3 Å². The number of halogens is 1. The third-order valence-corrected chi connectivity index (χ3v) is 5.13. The van der Waals surface area contributed by atoms with Crippen molar-refractivity contribution >= 4 is 33.2 Å². The maximum Gasteiger partial charge on any atom is 0.351 e. The number of carbonyl (C=O) groups excluding carboxylic acids is 1. The summed E-state index contributed by atoms with van der Waals surface area (Å²) in [5, 5.41) is 7.02. The van der Waals surface area contributed by atoms with E-state index in [0.29, 0.717) is 11.4 Å². The Morgan fingerprint density at radius 1 is 1.20 bits per heavy atom. The molecular formula is C21H18BrN5O3. The highest BCUT2D eigenvalue weighted by Gasteiger charge is 2.16. The van der Waals surface area contributed by atoms with E-state index in [1.165, 1.54) is 16.8 Å². The van der Waals surface area contributed by atoms with E-state index in [-0.39, 0.29) is 24.0 Å². The lowest BCUT2D eigenvalue weighted by atomic mass is 10.1. The predicted molar refractivity (Wildman–Crippen MR) is 116 cm³/mol. The number of aryl methyl sites for hydroxylation is 1. The highest BCUT2D eigenvalue weighted by atomic mass is 79.9. The second kappa shape index (κ2) is 8.11. The molecule has 0 aliphatic rings. The summed E-state index contributed by atoms with van der Waals surface area (Å²) < 4.78 is 9.16. The molecule has 8 nitrogen and oxygen atoms in total. The number of nitrogens with one attached hydrogen (secondary N) is 1. The molecule has 2 aromatic carbocycles. The molecule has 152 valence electrons. The van der Waals surface area contributed by atoms with Gasteiger partial charge < -0.3 is 10.1 Å². The van der Waals surface area contributed by atoms with Crippen LogP contribution in [0.3, 0.4) is 0 Å². The van der Waals surface area contributed by atoms with E-state index in [0.717, 1.165) is 20.3 Å². The number of aromatic nitrogens is 4. The third-order valence-electron chi connectivity index (χ3n) is 4.63. The van der Waals surface area contributed by atoms with E-state index < -0.39 is 5.69 Å². The van der Waals surface area contributed by atoms with Gasteiger partial charge in [-0.25, -0.2) is 18.9 Å². The molecule has 0 bridgehead atoms. The molecule has 2 heterocycles. The predicted octanol–water partition coefficient (Wildman–Crippen LogP) is 3.70. The Balaban J connectivity index is 1.62. The van der Waals surface area contributed by atoms with E-state index in [4.69, 9.17) is 4.74 Å². The molecule has 0 aliphatic heterocycles. The smallest absolute Gasteiger partial charge is 0.351 e. The van der Waals surface area contributed by atoms with E-state index in [1.807, 2.05) is 38.1 Å². The Hall–Kier alpha value is -3.46. The van der Waals surface area contributed by atoms with Crippen molar-refractivity contribution in [3.8, 4) is 11.6 Å². The first-order valence-corrected chi connectivity index (χ1v) is 9.95. The van der Waals surface area contributed by atoms with Crippen LogP contribution in [0.15, 0.2) is 64.1 Å². The quantitative estimate of drug-likeness (QED) is 0.483. The molecule has 9 heteroatoms. The van der Waals surface area contributed by atoms with Gasteiger partial charge in [0.25, 0.3) is 5.88 Å². The monoisotopic (exact) mass is 467 g/mol. The largest absolute Gasteiger partial charge is 0.436 e. The molecule has 0 spiro atoms. The molecular weight excluding hydrogens is 450 g/mol. The zero-order chi connectivity index (χ0) is 21.3. The summed E-state index contributed by atoms with van der Waals surface area (Å²) in [6.07, 6.45) is 2.95. The highest BCUT2D eigenvalue weighted by molar-refractivity contribution is 9.10. The van der Waals surface area contributed by atoms with Gasteiger partial charge in [-0.3, -0.25) is 4.79 Å². The number of amides is 1. The number of carbonyl (C=O) groups is 1. The Labute approximate surface area is 180 Å². The van der Waals surface area contributed by atoms with Crippen molar-refractivity contribution in [2.24, 2.45) is 0 Å². The van der Waals surface area contributed by atoms with Crippen LogP contribution in [0.25, 0.3) is 5.65 Å². The summed E-state index contributed by atoms with van der Waals surface area (Å²) in [6.45, 7) is 3.69. The van der Waals surface area contributed by atoms with Gasteiger partial charge in [0.1, 0.15) is 12.3 Å². The second-order valence-corrected chi connectivity index (χ2v) is 7.64. The minimum atomic E-state index is -0.456. The van der Waals surface area contributed by atoms with Crippen molar-refractivity contribution in [1.29, 1.82) is 0 Å². The van der Waals surface area contributed by atoms with E-state index in [9.17, 15) is 9.59 Å². The molecule has 0 fully saturated rings. The van der Waals surface area contributed by atoms with Crippen molar-refractivity contribution in [1.82, 2.24) is 19.2 Å². The Bertz CT molecular complexity index is 1310. The number of ether oxygens (including phenoxy) is 1. The molecule has 0 aliphatic carbocycles. The van der Waals surface area contributed by atoms with Gasteiger partial charge in [-0.2, -0.15) is 0 Å². The fourth-order valence-electron chi connectivity index (χ4n) is 2.94. The summed E-state index contributed by atoms with van der Waals surface area (Å²) in [5.74, 6) is 0.447. The molecule has 1 N–H and O–H groups in total. The lowest BCUT2D eigenvalue weighted by molar-refractivity contribution is -0.117. The first-order chi connectivity index (χ1) is 14.4. The van der Waals surface area contributed by atoms with Crippen LogP contribution in [0.1, 0.15) is 11.1 Å². The number of benzene rings is 2. The molecule has 2 aromatic heterocycles. The van der Waals surface area contributed by atoms with Gasteiger partial charge in [-0.15, -0.1) is 5.10 Å². The van der Waals surface area contributed by atoms with Crippen molar-refractivity contribution < 1.29 is 9.53 Å². The molecule has 30 heavy (non-hydrogen) atoms. The maximum atomic E-state index is 12.7. The zero-order valence-electron chi connectivity index (χ0n) is 16.3. The lowest BCUT2D eigenvalue weighted by Gasteiger charge is -2.09. The van der Waals surface area contributed by atoms with Gasteiger partial charge >= 0.3 is 5.69 Å². The van der Waals surface area contributed by atoms with Gasteiger partial charge in [0.15, 0.2) is 0 Å². The number of rotatable bonds is 5. The van der Waals surface area contributed by atoms with Gasteiger partial charge in [-0.1, -0.05) is 34.1 Å². The Morgan fingerprint density at radius 2 is 2.00 bits per heavy atom. The average Bonchev–Trinajstić information content (AvgIpc) is 3.02. The summed E-state index contributed by atoms with van der Waals surface area (Å²) in [7, 11) is 0. The fraction of sp³-hybridized carbons (Fsp3) is 0.143. The summed E-state index contributed by atoms with van der Waals surface area (Å²) >= 11 is 3.36. The van der Waals surface area contributed by atoms with Crippen LogP contribution < -0.4 is 15.7 Å². The minimum absolute atomic E-state index is 0.189. The van der Waals surface area contributed by atoms with Crippen LogP contribution in [0.2, 0.25) is 0 Å². The van der Waals surface area contributed by atoms with Crippen molar-refractivity contribution in [2.45, 2.75) is 20.4 Å². The summed E-state index contributed by atoms with van der Waals surface area (Å²) in [5.41, 5.74) is 2.44. The van der Waals surface area contributed by atoms with Crippen LogP contribution in [0.5, 0.6) is 11.6 Å². The van der Waals surface area contributed by atoms with Crippen molar-refractivity contribution in [2.75, 3.05) is 5.32 Å². The molecule has 4 aromatic rings. The zero-order valence-corrected chi connectivity index (χ0v) is 17.9. The number of hydrogen-bond donors (Lipinski definition) is 1. The van der Waals surface area contributed by atoms with Crippen LogP contribution in [-0.2, 0) is 11.3 Å². The van der Waals surface area contributed by atoms with Crippen LogP contribution in [0.4, 0.5) is 5.69 Å². The number of fused-ring (bicyclic) bond motifs is 1. The number of anilines is 1. The molecule has 0 saturated carbocycles. The molecule has 0 unspecified atom stereocenters. The van der Waals surface area contributed by atoms with Crippen LogP contribution in [-0.4, -0.2) is 25.1 Å². The third kappa shape index (κ3) is 3.97. The van der Waals surface area contributed by atoms with E-state index in [1.54, 1.807) is 18.2 Å². The van der Waals surface area contributed by atoms with Gasteiger partial charge in [0, 0.05) is 22.6 Å². The topological polar surface area (TPSA) is 90.5 Å². The average molecular weight is 468 g/mol.